The van der Waals surface area contributed by atoms with Gasteiger partial charge in [0.15, 0.2) is 11.5 Å². The Balaban J connectivity index is 1.80. The number of ether oxygens (including phenoxy) is 1. The molecule has 1 aromatic carbocycles. The van der Waals surface area contributed by atoms with Crippen molar-refractivity contribution >= 4 is 54.0 Å². The van der Waals surface area contributed by atoms with E-state index in [1.807, 2.05) is 16.6 Å². The molecule has 0 spiro atoms. The van der Waals surface area contributed by atoms with E-state index in [9.17, 15) is 0 Å². The van der Waals surface area contributed by atoms with Crippen LogP contribution in [0.25, 0.3) is 5.65 Å². The largest absolute Gasteiger partial charge is 0.560 e. The van der Waals surface area contributed by atoms with Crippen LogP contribution in [-0.4, -0.2) is 49.2 Å². The van der Waals surface area contributed by atoms with Crippen molar-refractivity contribution in [3.63, 3.8) is 0 Å². The number of halogens is 2. The lowest BCUT2D eigenvalue weighted by Crippen LogP contribution is -2.40. The third-order valence-corrected chi connectivity index (χ3v) is 12.8. The third kappa shape index (κ3) is 5.30. The van der Waals surface area contributed by atoms with E-state index in [-0.39, 0.29) is 5.04 Å². The minimum absolute atomic E-state index is 0.131. The van der Waals surface area contributed by atoms with Crippen LogP contribution in [0.1, 0.15) is 43.3 Å². The van der Waals surface area contributed by atoms with Gasteiger partial charge in [-0.25, -0.2) is 9.50 Å². The van der Waals surface area contributed by atoms with Crippen molar-refractivity contribution in [1.29, 1.82) is 0 Å². The highest BCUT2D eigenvalue weighted by Crippen LogP contribution is 2.37. The van der Waals surface area contributed by atoms with Crippen LogP contribution < -0.4 is 4.90 Å². The molecule has 4 rings (SSSR count). The molecule has 9 heteroatoms. The number of hydrogen-bond acceptors (Lipinski definition) is 5. The summed E-state index contributed by atoms with van der Waals surface area (Å²) in [6, 6.07) is 8.21. The average Bonchev–Trinajstić information content (AvgIpc) is 3.13. The van der Waals surface area contributed by atoms with Gasteiger partial charge in [-0.1, -0.05) is 44.5 Å². The second kappa shape index (κ2) is 10.0. The number of aromatic nitrogens is 3. The fourth-order valence-electron chi connectivity index (χ4n) is 3.79. The van der Waals surface area contributed by atoms with E-state index >= 15 is 0 Å². The third-order valence-electron chi connectivity index (χ3n) is 7.15. The number of benzene rings is 1. The maximum Gasteiger partial charge on any atom is 0.167 e. The van der Waals surface area contributed by atoms with Gasteiger partial charge in [-0.15, -0.1) is 23.2 Å². The Morgan fingerprint density at radius 2 is 1.91 bits per heavy atom. The molecule has 0 N–H and O–H groups in total. The van der Waals surface area contributed by atoms with Crippen molar-refractivity contribution in [3.8, 4) is 0 Å². The van der Waals surface area contributed by atoms with Gasteiger partial charge in [-0.05, 0) is 61.1 Å². The number of rotatable bonds is 6. The van der Waals surface area contributed by atoms with E-state index in [0.29, 0.717) is 13.0 Å². The number of anilines is 1. The smallest absolute Gasteiger partial charge is 0.167 e. The predicted molar refractivity (Wildman–Crippen MR) is 150 cm³/mol. The van der Waals surface area contributed by atoms with Crippen LogP contribution >= 0.6 is 34.2 Å². The maximum atomic E-state index is 6.61. The first-order valence-corrected chi connectivity index (χ1v) is 16.1. The number of hydrogen-bond donors (Lipinski definition) is 0. The summed E-state index contributed by atoms with van der Waals surface area (Å²) in [5.41, 5.74) is 5.16. The molecule has 0 bridgehead atoms. The first kappa shape index (κ1) is 25.9. The van der Waals surface area contributed by atoms with E-state index in [0.717, 1.165) is 63.3 Å². The fraction of sp³-hybridized carbons (Fsp3) is 0.520. The number of morpholine rings is 1. The van der Waals surface area contributed by atoms with Crippen molar-refractivity contribution < 1.29 is 9.16 Å². The highest BCUT2D eigenvalue weighted by atomic mass is 127. The zero-order chi connectivity index (χ0) is 24.7. The normalized spacial score (nSPS) is 15.4. The van der Waals surface area contributed by atoms with Crippen molar-refractivity contribution in [2.24, 2.45) is 0 Å². The molecule has 1 aliphatic rings. The van der Waals surface area contributed by atoms with Crippen molar-refractivity contribution in [2.45, 2.75) is 58.9 Å². The summed E-state index contributed by atoms with van der Waals surface area (Å²) in [4.78, 5) is 7.33. The Morgan fingerprint density at radius 1 is 1.21 bits per heavy atom. The zero-order valence-corrected chi connectivity index (χ0v) is 24.8. The standard InChI is InChI=1S/C25H34ClIN4O2Si/c1-17-18(8-7-9-19(17)26)14-22-21(16-33-34(5,6)25(2,3)4)28-24-20(27)15-23(29-31(22)24)30-10-12-32-13-11-30/h7-9,15H,10-14,16H2,1-6H3/q-1. The number of fused-ring (bicyclic) bond motifs is 1. The SMILES string of the molecule is Cc1c(Cl)cccc1Cc1c(CO[Si-](C)(C)C(C)(C)C)nc2c(I)cc(N3CCOCC3)nn12. The molecule has 1 saturated heterocycles. The highest BCUT2D eigenvalue weighted by molar-refractivity contribution is 14.1. The molecule has 2 aromatic heterocycles. The lowest BCUT2D eigenvalue weighted by atomic mass is 10.0. The van der Waals surface area contributed by atoms with Gasteiger partial charge >= 0.3 is 0 Å². The van der Waals surface area contributed by atoms with Crippen LogP contribution in [0.3, 0.4) is 0 Å². The van der Waals surface area contributed by atoms with Gasteiger partial charge in [-0.3, -0.25) is 0 Å². The molecular weight excluding hydrogens is 579 g/mol. The monoisotopic (exact) mass is 612 g/mol. The van der Waals surface area contributed by atoms with Gasteiger partial charge in [0.2, 0.25) is 0 Å². The average molecular weight is 613 g/mol. The topological polar surface area (TPSA) is 51.9 Å². The summed E-state index contributed by atoms with van der Waals surface area (Å²) in [5.74, 6) is 0.957. The Kier molecular flexibility index (Phi) is 7.64. The quantitative estimate of drug-likeness (QED) is 0.244. The first-order valence-electron chi connectivity index (χ1n) is 11.8. The molecule has 0 atom stereocenters. The predicted octanol–water partition coefficient (Wildman–Crippen LogP) is 6.24. The second-order valence-electron chi connectivity index (χ2n) is 10.4. The zero-order valence-electron chi connectivity index (χ0n) is 20.9. The Hall–Kier alpha value is -1.20. The molecule has 1 fully saturated rings. The van der Waals surface area contributed by atoms with Gasteiger partial charge < -0.3 is 14.1 Å². The second-order valence-corrected chi connectivity index (χ2v) is 16.8. The first-order chi connectivity index (χ1) is 16.0. The Labute approximate surface area is 222 Å². The van der Waals surface area contributed by atoms with Gasteiger partial charge in [0, 0.05) is 31.1 Å². The summed E-state index contributed by atoms with van der Waals surface area (Å²) >= 11 is 8.83. The van der Waals surface area contributed by atoms with Crippen LogP contribution in [0, 0.1) is 10.5 Å². The van der Waals surface area contributed by atoms with E-state index in [1.165, 1.54) is 5.56 Å². The molecule has 0 aliphatic carbocycles. The summed E-state index contributed by atoms with van der Waals surface area (Å²) in [6.07, 6.45) is 0.694. The number of imidazole rings is 1. The highest BCUT2D eigenvalue weighted by Gasteiger charge is 2.26. The van der Waals surface area contributed by atoms with Crippen LogP contribution in [0.2, 0.25) is 23.2 Å². The van der Waals surface area contributed by atoms with Crippen LogP contribution in [0.4, 0.5) is 5.82 Å². The minimum atomic E-state index is -1.94. The van der Waals surface area contributed by atoms with Crippen molar-refractivity contribution in [3.05, 3.63) is 55.4 Å². The minimum Gasteiger partial charge on any atom is -0.560 e. The molecular formula is C25H34ClIN4O2Si-. The van der Waals surface area contributed by atoms with Gasteiger partial charge in [-0.2, -0.15) is 0 Å². The molecule has 1 aliphatic heterocycles. The molecule has 0 amide bonds. The van der Waals surface area contributed by atoms with Gasteiger partial charge in [0.25, 0.3) is 0 Å². The van der Waals surface area contributed by atoms with Gasteiger partial charge in [0.05, 0.1) is 28.2 Å². The Bertz CT molecular complexity index is 1190. The fourth-order valence-corrected chi connectivity index (χ4v) is 5.54. The Morgan fingerprint density at radius 3 is 2.59 bits per heavy atom. The lowest BCUT2D eigenvalue weighted by Gasteiger charge is -2.48. The molecule has 34 heavy (non-hydrogen) atoms. The maximum absolute atomic E-state index is 6.61. The van der Waals surface area contributed by atoms with Crippen molar-refractivity contribution in [1.82, 2.24) is 14.6 Å². The van der Waals surface area contributed by atoms with Crippen LogP contribution in [0.15, 0.2) is 24.3 Å². The van der Waals surface area contributed by atoms with E-state index in [1.54, 1.807) is 0 Å². The molecule has 3 aromatic rings. The summed E-state index contributed by atoms with van der Waals surface area (Å²) < 4.78 is 15.3. The summed E-state index contributed by atoms with van der Waals surface area (Å²) in [6.45, 7) is 17.0. The summed E-state index contributed by atoms with van der Waals surface area (Å²) in [7, 11) is -1.94. The molecule has 185 valence electrons. The molecule has 0 unspecified atom stereocenters. The molecule has 3 heterocycles. The van der Waals surface area contributed by atoms with Crippen molar-refractivity contribution in [2.75, 3.05) is 31.2 Å². The lowest BCUT2D eigenvalue weighted by molar-refractivity contribution is 0.122. The number of nitrogens with zero attached hydrogens (tertiary/aromatic N) is 4. The molecule has 6 nitrogen and oxygen atoms in total. The van der Waals surface area contributed by atoms with E-state index in [2.05, 4.69) is 80.4 Å². The molecule has 0 radical (unpaired) electrons. The van der Waals surface area contributed by atoms with Crippen LogP contribution in [0.5, 0.6) is 0 Å². The van der Waals surface area contributed by atoms with E-state index < -0.39 is 8.32 Å². The van der Waals surface area contributed by atoms with Crippen LogP contribution in [-0.2, 0) is 22.2 Å². The molecule has 0 saturated carbocycles. The van der Waals surface area contributed by atoms with E-state index in [4.69, 9.17) is 30.8 Å². The van der Waals surface area contributed by atoms with Gasteiger partial charge in [0.1, 0.15) is 0 Å². The summed E-state index contributed by atoms with van der Waals surface area (Å²) in [5, 5.41) is 5.97.